The van der Waals surface area contributed by atoms with Gasteiger partial charge in [0.15, 0.2) is 0 Å². The van der Waals surface area contributed by atoms with Gasteiger partial charge >= 0.3 is 24.3 Å². The molecule has 4 heterocycles. The van der Waals surface area contributed by atoms with E-state index in [0.717, 1.165) is 41.0 Å². The van der Waals surface area contributed by atoms with Crippen LogP contribution in [0.15, 0.2) is 73.4 Å². The predicted molar refractivity (Wildman–Crippen MR) is 153 cm³/mol. The van der Waals surface area contributed by atoms with Gasteiger partial charge in [-0.2, -0.15) is 26.3 Å². The normalized spacial score (nSPS) is 15.3. The van der Waals surface area contributed by atoms with Crippen LogP contribution in [0.25, 0.3) is 16.6 Å². The number of fused-ring (bicyclic) bond motifs is 1. The largest absolute Gasteiger partial charge is 0.490 e. The molecule has 1 aliphatic rings. The number of amides is 1. The van der Waals surface area contributed by atoms with Gasteiger partial charge in [-0.3, -0.25) is 14.7 Å². The van der Waals surface area contributed by atoms with Crippen molar-refractivity contribution in [2.75, 3.05) is 26.7 Å². The van der Waals surface area contributed by atoms with Gasteiger partial charge in [-0.15, -0.1) is 0 Å². The molecule has 4 aromatic rings. The highest BCUT2D eigenvalue weighted by Crippen LogP contribution is 2.28. The van der Waals surface area contributed by atoms with Gasteiger partial charge in [-0.05, 0) is 37.2 Å². The van der Waals surface area contributed by atoms with Crippen molar-refractivity contribution in [3.8, 4) is 11.1 Å². The van der Waals surface area contributed by atoms with Crippen molar-refractivity contribution < 1.29 is 50.9 Å². The lowest BCUT2D eigenvalue weighted by atomic mass is 10.0. The maximum atomic E-state index is 13.0. The van der Waals surface area contributed by atoms with Gasteiger partial charge in [0.2, 0.25) is 5.91 Å². The minimum Gasteiger partial charge on any atom is -0.475 e. The Balaban J connectivity index is 0.000000345. The molecule has 1 atom stereocenters. The first-order valence-corrected chi connectivity index (χ1v) is 13.5. The van der Waals surface area contributed by atoms with E-state index in [1.807, 2.05) is 35.6 Å². The Morgan fingerprint density at radius 2 is 1.50 bits per heavy atom. The highest BCUT2D eigenvalue weighted by molar-refractivity contribution is 5.79. The summed E-state index contributed by atoms with van der Waals surface area (Å²) < 4.78 is 65.5. The Hall–Kier alpha value is -4.99. The molecular weight excluding hydrogens is 624 g/mol. The molecular formula is C30H29F6N5O5. The number of aliphatic carboxylic acids is 2. The van der Waals surface area contributed by atoms with Crippen molar-refractivity contribution in [1.29, 1.82) is 0 Å². The maximum Gasteiger partial charge on any atom is 0.490 e. The molecule has 246 valence electrons. The van der Waals surface area contributed by atoms with Gasteiger partial charge in [0.25, 0.3) is 0 Å². The second kappa shape index (κ2) is 14.9. The van der Waals surface area contributed by atoms with Crippen LogP contribution >= 0.6 is 0 Å². The van der Waals surface area contributed by atoms with Crippen LogP contribution in [0.2, 0.25) is 0 Å². The summed E-state index contributed by atoms with van der Waals surface area (Å²) in [7, 11) is 2.11. The van der Waals surface area contributed by atoms with Gasteiger partial charge in [0.05, 0.1) is 30.0 Å². The number of alkyl halides is 6. The van der Waals surface area contributed by atoms with Gasteiger partial charge in [0.1, 0.15) is 0 Å². The van der Waals surface area contributed by atoms with E-state index < -0.39 is 24.3 Å². The monoisotopic (exact) mass is 653 g/mol. The molecule has 1 amide bonds. The number of benzene rings is 1. The number of likely N-dealkylation sites (N-methyl/N-ethyl adjacent to an activating group) is 1. The number of carboxylic acids is 2. The molecule has 1 unspecified atom stereocenters. The summed E-state index contributed by atoms with van der Waals surface area (Å²) in [5, 5.41) is 14.2. The van der Waals surface area contributed by atoms with E-state index in [0.29, 0.717) is 13.0 Å². The zero-order valence-electron chi connectivity index (χ0n) is 24.5. The molecule has 46 heavy (non-hydrogen) atoms. The fourth-order valence-corrected chi connectivity index (χ4v) is 4.37. The van der Waals surface area contributed by atoms with Crippen molar-refractivity contribution in [1.82, 2.24) is 24.2 Å². The van der Waals surface area contributed by atoms with Crippen LogP contribution in [0.3, 0.4) is 0 Å². The average molecular weight is 654 g/mol. The van der Waals surface area contributed by atoms with Crippen molar-refractivity contribution in [3.05, 3.63) is 90.3 Å². The maximum absolute atomic E-state index is 13.0. The molecule has 16 heteroatoms. The zero-order chi connectivity index (χ0) is 34.2. The average Bonchev–Trinajstić information content (AvgIpc) is 3.42. The first-order chi connectivity index (χ1) is 21.5. The molecule has 0 radical (unpaired) electrons. The Labute approximate surface area is 258 Å². The van der Waals surface area contributed by atoms with Crippen molar-refractivity contribution in [3.63, 3.8) is 0 Å². The van der Waals surface area contributed by atoms with Crippen LogP contribution in [0.1, 0.15) is 22.9 Å². The van der Waals surface area contributed by atoms with Crippen LogP contribution in [0.5, 0.6) is 0 Å². The van der Waals surface area contributed by atoms with E-state index in [1.165, 1.54) is 5.56 Å². The van der Waals surface area contributed by atoms with E-state index in [-0.39, 0.29) is 11.9 Å². The third-order valence-electron chi connectivity index (χ3n) is 6.83. The summed E-state index contributed by atoms with van der Waals surface area (Å²) >= 11 is 0. The summed E-state index contributed by atoms with van der Waals surface area (Å²) in [6.07, 6.45) is -2.12. The number of pyridine rings is 2. The number of carbonyl (C=O) groups is 3. The van der Waals surface area contributed by atoms with E-state index in [1.54, 1.807) is 6.20 Å². The smallest absolute Gasteiger partial charge is 0.475 e. The number of imidazole rings is 1. The number of piperazine rings is 1. The minimum absolute atomic E-state index is 0.0694. The molecule has 0 saturated carbocycles. The molecule has 2 N–H and O–H groups in total. The molecule has 0 bridgehead atoms. The zero-order valence-corrected chi connectivity index (χ0v) is 24.5. The molecule has 10 nitrogen and oxygen atoms in total. The van der Waals surface area contributed by atoms with Crippen LogP contribution in [-0.2, 0) is 20.8 Å². The first kappa shape index (κ1) is 35.5. The number of halogens is 6. The number of nitrogens with zero attached hydrogens (tertiary/aromatic N) is 5. The molecule has 3 aromatic heterocycles. The van der Waals surface area contributed by atoms with Gasteiger partial charge in [0, 0.05) is 43.8 Å². The SMILES string of the molecule is Cc1ccc(CC(=O)N2CCN(C)C(c3ncn4cc(-c5cccnc5)ccc34)C2)cc1.O=C(O)C(F)(F)F.O=C(O)C(F)(F)F. The molecule has 1 aromatic carbocycles. The van der Waals surface area contributed by atoms with Gasteiger partial charge < -0.3 is 19.5 Å². The number of aromatic nitrogens is 3. The lowest BCUT2D eigenvalue weighted by Gasteiger charge is -2.39. The molecule has 5 rings (SSSR count). The van der Waals surface area contributed by atoms with E-state index in [9.17, 15) is 31.1 Å². The second-order valence-electron chi connectivity index (χ2n) is 10.2. The Kier molecular flexibility index (Phi) is 11.5. The Morgan fingerprint density at radius 3 is 2.04 bits per heavy atom. The van der Waals surface area contributed by atoms with Crippen molar-refractivity contribution in [2.45, 2.75) is 31.7 Å². The molecule has 0 aliphatic carbocycles. The van der Waals surface area contributed by atoms with E-state index in [4.69, 9.17) is 24.8 Å². The quantitative estimate of drug-likeness (QED) is 0.294. The lowest BCUT2D eigenvalue weighted by molar-refractivity contribution is -0.193. The van der Waals surface area contributed by atoms with Crippen LogP contribution in [-0.4, -0.2) is 91.3 Å². The third-order valence-corrected chi connectivity index (χ3v) is 6.83. The molecule has 1 saturated heterocycles. The first-order valence-electron chi connectivity index (χ1n) is 13.5. The number of hydrogen-bond acceptors (Lipinski definition) is 6. The number of carbonyl (C=O) groups excluding carboxylic acids is 1. The minimum atomic E-state index is -5.08. The Bertz CT molecular complexity index is 1620. The topological polar surface area (TPSA) is 128 Å². The van der Waals surface area contributed by atoms with Crippen LogP contribution in [0, 0.1) is 6.92 Å². The third kappa shape index (κ3) is 9.76. The highest BCUT2D eigenvalue weighted by atomic mass is 19.4. The fourth-order valence-electron chi connectivity index (χ4n) is 4.37. The molecule has 0 spiro atoms. The highest BCUT2D eigenvalue weighted by Gasteiger charge is 2.39. The second-order valence-corrected chi connectivity index (χ2v) is 10.2. The van der Waals surface area contributed by atoms with Crippen molar-refractivity contribution in [2.24, 2.45) is 0 Å². The van der Waals surface area contributed by atoms with Crippen LogP contribution in [0.4, 0.5) is 26.3 Å². The Morgan fingerprint density at radius 1 is 0.891 bits per heavy atom. The van der Waals surface area contributed by atoms with Crippen molar-refractivity contribution >= 4 is 23.4 Å². The number of aryl methyl sites for hydroxylation is 1. The van der Waals surface area contributed by atoms with Crippen LogP contribution < -0.4 is 0 Å². The van der Waals surface area contributed by atoms with E-state index >= 15 is 0 Å². The number of carboxylic acid groups (broad SMARTS) is 2. The lowest BCUT2D eigenvalue weighted by Crippen LogP contribution is -2.49. The molecule has 1 fully saturated rings. The van der Waals surface area contributed by atoms with E-state index in [2.05, 4.69) is 64.8 Å². The predicted octanol–water partition coefficient (Wildman–Crippen LogP) is 5.03. The number of rotatable bonds is 4. The summed E-state index contributed by atoms with van der Waals surface area (Å²) in [5.41, 5.74) is 6.53. The standard InChI is InChI=1S/C26H27N5O.2C2HF3O2/c1-19-5-7-20(8-6-19)14-25(32)30-13-12-29(2)24(17-30)26-23-10-9-22(16-31(23)18-28-26)21-4-3-11-27-15-21;2*3-2(4,5)1(6)7/h3-11,15-16,18,24H,12-14,17H2,1-2H3;2*(H,6,7). The number of hydrogen-bond donors (Lipinski definition) is 2. The summed E-state index contributed by atoms with van der Waals surface area (Å²) in [4.78, 5) is 44.1. The summed E-state index contributed by atoms with van der Waals surface area (Å²) in [6.45, 7) is 4.29. The van der Waals surface area contributed by atoms with Gasteiger partial charge in [-0.25, -0.2) is 14.6 Å². The fraction of sp³-hybridized carbons (Fsp3) is 0.300. The summed E-state index contributed by atoms with van der Waals surface area (Å²) in [6, 6.07) is 16.5. The molecule has 1 aliphatic heterocycles. The van der Waals surface area contributed by atoms with Gasteiger partial charge in [-0.1, -0.05) is 42.0 Å². The summed E-state index contributed by atoms with van der Waals surface area (Å²) in [5.74, 6) is -5.34.